The van der Waals surface area contributed by atoms with Gasteiger partial charge in [0.25, 0.3) is 0 Å². The van der Waals surface area contributed by atoms with E-state index in [4.69, 9.17) is 4.74 Å². The van der Waals surface area contributed by atoms with Crippen molar-refractivity contribution in [3.8, 4) is 5.75 Å². The lowest BCUT2D eigenvalue weighted by molar-refractivity contribution is -0.121. The van der Waals surface area contributed by atoms with Gasteiger partial charge in [0.05, 0.1) is 6.61 Å². The molecule has 0 atom stereocenters. The third kappa shape index (κ3) is 6.67. The molecule has 1 aromatic carbocycles. The Morgan fingerprint density at radius 3 is 2.59 bits per heavy atom. The molecule has 1 saturated heterocycles. The second-order valence-electron chi connectivity index (χ2n) is 5.59. The fourth-order valence-corrected chi connectivity index (χ4v) is 2.66. The first-order chi connectivity index (χ1) is 10.3. The number of hydrogen-bond donors (Lipinski definition) is 2. The van der Waals surface area contributed by atoms with Gasteiger partial charge in [0.2, 0.25) is 5.91 Å². The molecule has 22 heavy (non-hydrogen) atoms. The fraction of sp³-hybridized carbons (Fsp3) is 0.588. The molecule has 1 aliphatic rings. The Morgan fingerprint density at radius 1 is 1.27 bits per heavy atom. The summed E-state index contributed by atoms with van der Waals surface area (Å²) in [7, 11) is 0. The molecule has 0 saturated carbocycles. The summed E-state index contributed by atoms with van der Waals surface area (Å²) in [5.41, 5.74) is 1.11. The highest BCUT2D eigenvalue weighted by molar-refractivity contribution is 5.85. The van der Waals surface area contributed by atoms with Crippen LogP contribution < -0.4 is 15.4 Å². The molecule has 0 aliphatic carbocycles. The number of carbonyl (C=O) groups is 1. The number of piperidine rings is 1. The van der Waals surface area contributed by atoms with Gasteiger partial charge in [-0.15, -0.1) is 12.4 Å². The SMILES string of the molecule is CCOc1ccc(CNC(=O)CCC2CCNCC2)cc1.Cl. The van der Waals surface area contributed by atoms with Gasteiger partial charge in [-0.1, -0.05) is 12.1 Å². The molecule has 0 unspecified atom stereocenters. The van der Waals surface area contributed by atoms with Crippen molar-refractivity contribution in [1.82, 2.24) is 10.6 Å². The normalized spacial score (nSPS) is 15.0. The van der Waals surface area contributed by atoms with Crippen LogP contribution in [-0.4, -0.2) is 25.6 Å². The number of rotatable bonds is 7. The van der Waals surface area contributed by atoms with E-state index in [-0.39, 0.29) is 18.3 Å². The lowest BCUT2D eigenvalue weighted by Crippen LogP contribution is -2.29. The van der Waals surface area contributed by atoms with Crippen molar-refractivity contribution < 1.29 is 9.53 Å². The average molecular weight is 327 g/mol. The van der Waals surface area contributed by atoms with Gasteiger partial charge in [0.15, 0.2) is 0 Å². The Bertz CT molecular complexity index is 431. The van der Waals surface area contributed by atoms with Crippen LogP contribution in [0.3, 0.4) is 0 Å². The second kappa shape index (κ2) is 10.5. The Morgan fingerprint density at radius 2 is 1.95 bits per heavy atom. The zero-order valence-electron chi connectivity index (χ0n) is 13.3. The van der Waals surface area contributed by atoms with E-state index in [1.807, 2.05) is 31.2 Å². The lowest BCUT2D eigenvalue weighted by atomic mass is 9.93. The fourth-order valence-electron chi connectivity index (χ4n) is 2.66. The van der Waals surface area contributed by atoms with Crippen LogP contribution in [0, 0.1) is 5.92 Å². The zero-order valence-corrected chi connectivity index (χ0v) is 14.1. The number of hydrogen-bond acceptors (Lipinski definition) is 3. The van der Waals surface area contributed by atoms with Gasteiger partial charge >= 0.3 is 0 Å². The molecular weight excluding hydrogens is 300 g/mol. The van der Waals surface area contributed by atoms with Crippen LogP contribution in [0.5, 0.6) is 5.75 Å². The second-order valence-corrected chi connectivity index (χ2v) is 5.59. The largest absolute Gasteiger partial charge is 0.494 e. The Hall–Kier alpha value is -1.26. The number of benzene rings is 1. The molecule has 2 rings (SSSR count). The summed E-state index contributed by atoms with van der Waals surface area (Å²) < 4.78 is 5.40. The van der Waals surface area contributed by atoms with E-state index in [2.05, 4.69) is 10.6 Å². The lowest BCUT2D eigenvalue weighted by Gasteiger charge is -2.22. The van der Waals surface area contributed by atoms with Crippen molar-refractivity contribution in [1.29, 1.82) is 0 Å². The van der Waals surface area contributed by atoms with E-state index < -0.39 is 0 Å². The maximum absolute atomic E-state index is 11.9. The molecule has 0 spiro atoms. The predicted octanol–water partition coefficient (Wildman–Crippen LogP) is 2.90. The van der Waals surface area contributed by atoms with Crippen LogP contribution in [-0.2, 0) is 11.3 Å². The monoisotopic (exact) mass is 326 g/mol. The van der Waals surface area contributed by atoms with Crippen molar-refractivity contribution >= 4 is 18.3 Å². The molecule has 0 radical (unpaired) electrons. The first kappa shape index (κ1) is 18.8. The summed E-state index contributed by atoms with van der Waals surface area (Å²) in [5.74, 6) is 1.74. The summed E-state index contributed by atoms with van der Waals surface area (Å²) in [4.78, 5) is 11.9. The van der Waals surface area contributed by atoms with Crippen molar-refractivity contribution in [2.75, 3.05) is 19.7 Å². The molecule has 1 heterocycles. The third-order valence-corrected chi connectivity index (χ3v) is 3.96. The minimum atomic E-state index is 0. The Balaban J connectivity index is 0.00000242. The third-order valence-electron chi connectivity index (χ3n) is 3.96. The van der Waals surface area contributed by atoms with Gasteiger partial charge in [0.1, 0.15) is 5.75 Å². The minimum Gasteiger partial charge on any atom is -0.494 e. The van der Waals surface area contributed by atoms with Gasteiger partial charge < -0.3 is 15.4 Å². The van der Waals surface area contributed by atoms with Crippen LogP contribution in [0.1, 0.15) is 38.2 Å². The van der Waals surface area contributed by atoms with E-state index >= 15 is 0 Å². The average Bonchev–Trinajstić information content (AvgIpc) is 2.53. The van der Waals surface area contributed by atoms with E-state index in [0.717, 1.165) is 30.8 Å². The first-order valence-corrected chi connectivity index (χ1v) is 7.97. The molecule has 1 amide bonds. The van der Waals surface area contributed by atoms with E-state index in [1.54, 1.807) is 0 Å². The molecule has 0 aromatic heterocycles. The van der Waals surface area contributed by atoms with Crippen LogP contribution in [0.2, 0.25) is 0 Å². The van der Waals surface area contributed by atoms with E-state index in [0.29, 0.717) is 25.5 Å². The highest BCUT2D eigenvalue weighted by Gasteiger charge is 2.14. The van der Waals surface area contributed by atoms with Crippen LogP contribution in [0.25, 0.3) is 0 Å². The topological polar surface area (TPSA) is 50.4 Å². The molecular formula is C17H27ClN2O2. The predicted molar refractivity (Wildman–Crippen MR) is 91.5 cm³/mol. The maximum Gasteiger partial charge on any atom is 0.220 e. The highest BCUT2D eigenvalue weighted by atomic mass is 35.5. The standard InChI is InChI=1S/C17H26N2O2.ClH/c1-2-21-16-6-3-15(4-7-16)13-19-17(20)8-5-14-9-11-18-12-10-14;/h3-4,6-7,14,18H,2,5,8-13H2,1H3,(H,19,20);1H. The van der Waals surface area contributed by atoms with Gasteiger partial charge in [-0.05, 0) is 62.9 Å². The first-order valence-electron chi connectivity index (χ1n) is 7.97. The quantitative estimate of drug-likeness (QED) is 0.810. The Kier molecular flexibility index (Phi) is 8.94. The molecule has 2 N–H and O–H groups in total. The maximum atomic E-state index is 11.9. The molecule has 1 aromatic rings. The zero-order chi connectivity index (χ0) is 14.9. The van der Waals surface area contributed by atoms with Crippen molar-refractivity contribution in [3.05, 3.63) is 29.8 Å². The molecule has 1 aliphatic heterocycles. The van der Waals surface area contributed by atoms with Crippen LogP contribution >= 0.6 is 12.4 Å². The van der Waals surface area contributed by atoms with Gasteiger partial charge in [-0.3, -0.25) is 4.79 Å². The number of nitrogens with one attached hydrogen (secondary N) is 2. The van der Waals surface area contributed by atoms with Gasteiger partial charge in [-0.2, -0.15) is 0 Å². The van der Waals surface area contributed by atoms with Crippen molar-refractivity contribution in [2.45, 2.75) is 39.2 Å². The van der Waals surface area contributed by atoms with Gasteiger partial charge in [0, 0.05) is 13.0 Å². The number of amides is 1. The highest BCUT2D eigenvalue weighted by Crippen LogP contribution is 2.17. The number of halogens is 1. The number of carbonyl (C=O) groups excluding carboxylic acids is 1. The van der Waals surface area contributed by atoms with Crippen LogP contribution in [0.15, 0.2) is 24.3 Å². The smallest absolute Gasteiger partial charge is 0.220 e. The van der Waals surface area contributed by atoms with E-state index in [1.165, 1.54) is 12.8 Å². The molecule has 124 valence electrons. The van der Waals surface area contributed by atoms with Crippen LogP contribution in [0.4, 0.5) is 0 Å². The molecule has 5 heteroatoms. The summed E-state index contributed by atoms with van der Waals surface area (Å²) in [6.45, 7) is 5.43. The Labute approximate surface area is 139 Å². The number of ether oxygens (including phenoxy) is 1. The van der Waals surface area contributed by atoms with E-state index in [9.17, 15) is 4.79 Å². The summed E-state index contributed by atoms with van der Waals surface area (Å²) >= 11 is 0. The summed E-state index contributed by atoms with van der Waals surface area (Å²) in [6.07, 6.45) is 4.05. The molecule has 0 bridgehead atoms. The summed E-state index contributed by atoms with van der Waals surface area (Å²) in [6, 6.07) is 7.89. The van der Waals surface area contributed by atoms with Crippen molar-refractivity contribution in [3.63, 3.8) is 0 Å². The molecule has 1 fully saturated rings. The van der Waals surface area contributed by atoms with Crippen molar-refractivity contribution in [2.24, 2.45) is 5.92 Å². The summed E-state index contributed by atoms with van der Waals surface area (Å²) in [5, 5.41) is 6.35. The van der Waals surface area contributed by atoms with Gasteiger partial charge in [-0.25, -0.2) is 0 Å². The molecule has 4 nitrogen and oxygen atoms in total. The minimum absolute atomic E-state index is 0.